The summed E-state index contributed by atoms with van der Waals surface area (Å²) in [6.07, 6.45) is -5.32. The Hall–Kier alpha value is -1.04. The van der Waals surface area contributed by atoms with E-state index in [4.69, 9.17) is 11.6 Å². The standard InChI is InChI=1S/C12H8ClF3OS/c13-9-5-10(18-6-9)11(17)7-1-3-8(4-2-7)12(14,15)16/h1-6,11,17H. The van der Waals surface area contributed by atoms with Crippen LogP contribution in [0.1, 0.15) is 22.1 Å². The number of alkyl halides is 3. The van der Waals surface area contributed by atoms with Crippen molar-refractivity contribution in [3.05, 3.63) is 56.7 Å². The van der Waals surface area contributed by atoms with Crippen LogP contribution in [0, 0.1) is 0 Å². The molecule has 2 rings (SSSR count). The second-order valence-corrected chi connectivity index (χ2v) is 5.07. The first-order valence-corrected chi connectivity index (χ1v) is 6.23. The Morgan fingerprint density at radius 1 is 1.17 bits per heavy atom. The number of rotatable bonds is 2. The number of benzene rings is 1. The molecule has 1 aromatic carbocycles. The van der Waals surface area contributed by atoms with Gasteiger partial charge in [0.1, 0.15) is 6.10 Å². The zero-order chi connectivity index (χ0) is 13.3. The summed E-state index contributed by atoms with van der Waals surface area (Å²) in [6.45, 7) is 0. The molecule has 1 heterocycles. The van der Waals surface area contributed by atoms with Crippen molar-refractivity contribution in [2.45, 2.75) is 12.3 Å². The third-order valence-electron chi connectivity index (χ3n) is 2.41. The van der Waals surface area contributed by atoms with Gasteiger partial charge in [0, 0.05) is 10.3 Å². The highest BCUT2D eigenvalue weighted by Crippen LogP contribution is 2.33. The van der Waals surface area contributed by atoms with E-state index in [2.05, 4.69) is 0 Å². The highest BCUT2D eigenvalue weighted by atomic mass is 35.5. The number of aliphatic hydroxyl groups excluding tert-OH is 1. The Balaban J connectivity index is 2.24. The van der Waals surface area contributed by atoms with Crippen LogP contribution in [0.25, 0.3) is 0 Å². The summed E-state index contributed by atoms with van der Waals surface area (Å²) in [4.78, 5) is 0.597. The monoisotopic (exact) mass is 292 g/mol. The van der Waals surface area contributed by atoms with Gasteiger partial charge in [0.15, 0.2) is 0 Å². The molecule has 1 N–H and O–H groups in total. The number of aliphatic hydroxyl groups is 1. The Morgan fingerprint density at radius 3 is 2.22 bits per heavy atom. The van der Waals surface area contributed by atoms with E-state index >= 15 is 0 Å². The maximum atomic E-state index is 12.4. The minimum absolute atomic E-state index is 0.404. The molecular formula is C12H8ClF3OS. The zero-order valence-corrected chi connectivity index (χ0v) is 10.5. The first-order chi connectivity index (χ1) is 8.38. The molecule has 1 nitrogen and oxygen atoms in total. The molecule has 0 bridgehead atoms. The van der Waals surface area contributed by atoms with Gasteiger partial charge in [-0.05, 0) is 23.8 Å². The Labute approximate surface area is 110 Å². The molecule has 2 aromatic rings. The van der Waals surface area contributed by atoms with Crippen molar-refractivity contribution in [3.63, 3.8) is 0 Å². The summed E-state index contributed by atoms with van der Waals surface area (Å²) < 4.78 is 37.1. The average molecular weight is 293 g/mol. The molecule has 1 unspecified atom stereocenters. The fourth-order valence-electron chi connectivity index (χ4n) is 1.49. The lowest BCUT2D eigenvalue weighted by molar-refractivity contribution is -0.137. The van der Waals surface area contributed by atoms with Gasteiger partial charge in [-0.2, -0.15) is 13.2 Å². The zero-order valence-electron chi connectivity index (χ0n) is 8.91. The molecule has 18 heavy (non-hydrogen) atoms. The van der Waals surface area contributed by atoms with Crippen LogP contribution >= 0.6 is 22.9 Å². The molecule has 1 aromatic heterocycles. The third-order valence-corrected chi connectivity index (χ3v) is 3.74. The van der Waals surface area contributed by atoms with Crippen LogP contribution < -0.4 is 0 Å². The van der Waals surface area contributed by atoms with Crippen molar-refractivity contribution in [1.29, 1.82) is 0 Å². The molecule has 6 heteroatoms. The first-order valence-electron chi connectivity index (χ1n) is 4.97. The number of hydrogen-bond donors (Lipinski definition) is 1. The van der Waals surface area contributed by atoms with Gasteiger partial charge < -0.3 is 5.11 Å². The summed E-state index contributed by atoms with van der Waals surface area (Å²) in [5, 5.41) is 12.1. The fraction of sp³-hybridized carbons (Fsp3) is 0.167. The molecular weight excluding hydrogens is 285 g/mol. The highest BCUT2D eigenvalue weighted by molar-refractivity contribution is 7.10. The van der Waals surface area contributed by atoms with E-state index in [-0.39, 0.29) is 0 Å². The molecule has 0 spiro atoms. The van der Waals surface area contributed by atoms with Gasteiger partial charge in [-0.3, -0.25) is 0 Å². The average Bonchev–Trinajstić information content (AvgIpc) is 2.74. The highest BCUT2D eigenvalue weighted by Gasteiger charge is 2.30. The Kier molecular flexibility index (Phi) is 3.66. The largest absolute Gasteiger partial charge is 0.416 e. The van der Waals surface area contributed by atoms with E-state index in [1.165, 1.54) is 23.5 Å². The van der Waals surface area contributed by atoms with Crippen LogP contribution in [0.3, 0.4) is 0 Å². The van der Waals surface area contributed by atoms with Gasteiger partial charge in [0.05, 0.1) is 10.6 Å². The van der Waals surface area contributed by atoms with Gasteiger partial charge in [0.25, 0.3) is 0 Å². The topological polar surface area (TPSA) is 20.2 Å². The summed E-state index contributed by atoms with van der Waals surface area (Å²) >= 11 is 6.99. The van der Waals surface area contributed by atoms with E-state index in [1.807, 2.05) is 0 Å². The molecule has 1 atom stereocenters. The molecule has 0 fully saturated rings. The minimum atomic E-state index is -4.37. The molecule has 0 amide bonds. The van der Waals surface area contributed by atoms with E-state index < -0.39 is 17.8 Å². The quantitative estimate of drug-likeness (QED) is 0.864. The Morgan fingerprint density at radius 2 is 1.78 bits per heavy atom. The van der Waals surface area contributed by atoms with Crippen LogP contribution in [0.4, 0.5) is 13.2 Å². The lowest BCUT2D eigenvalue weighted by atomic mass is 10.1. The van der Waals surface area contributed by atoms with Crippen molar-refractivity contribution in [2.75, 3.05) is 0 Å². The molecule has 0 aliphatic rings. The minimum Gasteiger partial charge on any atom is -0.383 e. The SMILES string of the molecule is OC(c1ccc(C(F)(F)F)cc1)c1cc(Cl)cs1. The number of thiophene rings is 1. The van der Waals surface area contributed by atoms with Gasteiger partial charge in [-0.1, -0.05) is 23.7 Å². The number of halogens is 4. The molecule has 0 aliphatic heterocycles. The van der Waals surface area contributed by atoms with Crippen molar-refractivity contribution < 1.29 is 18.3 Å². The van der Waals surface area contributed by atoms with Gasteiger partial charge in [0.2, 0.25) is 0 Å². The van der Waals surface area contributed by atoms with E-state index in [1.54, 1.807) is 11.4 Å². The lowest BCUT2D eigenvalue weighted by Gasteiger charge is -2.11. The van der Waals surface area contributed by atoms with Crippen LogP contribution in [0.5, 0.6) is 0 Å². The normalized spacial score (nSPS) is 13.6. The van der Waals surface area contributed by atoms with Crippen LogP contribution in [0.15, 0.2) is 35.7 Å². The van der Waals surface area contributed by atoms with Crippen molar-refractivity contribution >= 4 is 22.9 Å². The van der Waals surface area contributed by atoms with Crippen molar-refractivity contribution in [3.8, 4) is 0 Å². The molecule has 0 radical (unpaired) electrons. The molecule has 0 saturated heterocycles. The molecule has 0 saturated carbocycles. The maximum Gasteiger partial charge on any atom is 0.416 e. The Bertz CT molecular complexity index is 533. The van der Waals surface area contributed by atoms with Crippen molar-refractivity contribution in [1.82, 2.24) is 0 Å². The van der Waals surface area contributed by atoms with Crippen LogP contribution in [-0.4, -0.2) is 5.11 Å². The van der Waals surface area contributed by atoms with Gasteiger partial charge in [-0.25, -0.2) is 0 Å². The summed E-state index contributed by atoms with van der Waals surface area (Å²) in [6, 6.07) is 6.03. The fourth-order valence-corrected chi connectivity index (χ4v) is 2.58. The van der Waals surface area contributed by atoms with Crippen molar-refractivity contribution in [2.24, 2.45) is 0 Å². The third kappa shape index (κ3) is 2.85. The van der Waals surface area contributed by atoms with Crippen LogP contribution in [-0.2, 0) is 6.18 Å². The predicted octanol–water partition coefficient (Wildman–Crippen LogP) is 4.50. The first kappa shape index (κ1) is 13.4. The summed E-state index contributed by atoms with van der Waals surface area (Å²) in [5.74, 6) is 0. The summed E-state index contributed by atoms with van der Waals surface area (Å²) in [7, 11) is 0. The summed E-state index contributed by atoms with van der Waals surface area (Å²) in [5.41, 5.74) is -0.329. The van der Waals surface area contributed by atoms with Gasteiger partial charge in [-0.15, -0.1) is 11.3 Å². The smallest absolute Gasteiger partial charge is 0.383 e. The second-order valence-electron chi connectivity index (χ2n) is 3.69. The van der Waals surface area contributed by atoms with Crippen LogP contribution in [0.2, 0.25) is 5.02 Å². The maximum absolute atomic E-state index is 12.4. The van der Waals surface area contributed by atoms with E-state index in [9.17, 15) is 18.3 Å². The lowest BCUT2D eigenvalue weighted by Crippen LogP contribution is -2.05. The molecule has 96 valence electrons. The predicted molar refractivity (Wildman–Crippen MR) is 64.8 cm³/mol. The molecule has 0 aliphatic carbocycles. The van der Waals surface area contributed by atoms with E-state index in [0.717, 1.165) is 12.1 Å². The second kappa shape index (κ2) is 4.91. The van der Waals surface area contributed by atoms with E-state index in [0.29, 0.717) is 15.5 Å². The van der Waals surface area contributed by atoms with Gasteiger partial charge >= 0.3 is 6.18 Å². The number of hydrogen-bond acceptors (Lipinski definition) is 2.